The van der Waals surface area contributed by atoms with Crippen molar-refractivity contribution in [3.63, 3.8) is 0 Å². The highest BCUT2D eigenvalue weighted by atomic mass is 16.2. The predicted octanol–water partition coefficient (Wildman–Crippen LogP) is 3.45. The first kappa shape index (κ1) is 19.5. The fourth-order valence-electron chi connectivity index (χ4n) is 5.22. The summed E-state index contributed by atoms with van der Waals surface area (Å²) in [4.78, 5) is 27.2. The van der Waals surface area contributed by atoms with Gasteiger partial charge in [0.1, 0.15) is 6.33 Å². The molecule has 2 fully saturated rings. The summed E-state index contributed by atoms with van der Waals surface area (Å²) in [5.74, 6) is 0.852. The summed E-state index contributed by atoms with van der Waals surface area (Å²) < 4.78 is 3.15. The van der Waals surface area contributed by atoms with Crippen molar-refractivity contribution in [1.82, 2.24) is 19.2 Å². The molecule has 0 N–H and O–H groups in total. The van der Waals surface area contributed by atoms with Gasteiger partial charge in [0.05, 0.1) is 12.2 Å². The number of amides is 1. The highest BCUT2D eigenvalue weighted by Gasteiger charge is 2.36. The van der Waals surface area contributed by atoms with Crippen molar-refractivity contribution < 1.29 is 4.79 Å². The summed E-state index contributed by atoms with van der Waals surface area (Å²) >= 11 is 0. The molecule has 6 heteroatoms. The van der Waals surface area contributed by atoms with Crippen LogP contribution in [0.25, 0.3) is 16.8 Å². The van der Waals surface area contributed by atoms with Crippen LogP contribution in [0, 0.1) is 11.8 Å². The molecular weight excluding hydrogens is 400 g/mol. The number of nitrogens with zero attached hydrogens (tertiary/aromatic N) is 4. The Morgan fingerprint density at radius 2 is 1.75 bits per heavy atom. The van der Waals surface area contributed by atoms with E-state index in [-0.39, 0.29) is 11.6 Å². The van der Waals surface area contributed by atoms with Crippen LogP contribution < -0.4 is 5.69 Å². The van der Waals surface area contributed by atoms with E-state index < -0.39 is 0 Å². The molecule has 2 aliphatic carbocycles. The lowest BCUT2D eigenvalue weighted by Crippen LogP contribution is -2.32. The second-order valence-corrected chi connectivity index (χ2v) is 9.56. The van der Waals surface area contributed by atoms with Gasteiger partial charge in [0, 0.05) is 19.0 Å². The number of hydrogen-bond donors (Lipinski definition) is 0. The Labute approximate surface area is 187 Å². The first-order valence-electron chi connectivity index (χ1n) is 11.8. The molecule has 1 amide bonds. The van der Waals surface area contributed by atoms with Gasteiger partial charge in [-0.2, -0.15) is 5.10 Å². The summed E-state index contributed by atoms with van der Waals surface area (Å²) in [6.07, 6.45) is 8.23. The van der Waals surface area contributed by atoms with Gasteiger partial charge in [-0.05, 0) is 78.8 Å². The van der Waals surface area contributed by atoms with Crippen LogP contribution in [0.3, 0.4) is 0 Å². The van der Waals surface area contributed by atoms with Gasteiger partial charge in [-0.15, -0.1) is 0 Å². The Bertz CT molecular complexity index is 1220. The number of carbonyl (C=O) groups excluding carboxylic acids is 1. The van der Waals surface area contributed by atoms with Crippen LogP contribution in [-0.4, -0.2) is 38.2 Å². The first-order valence-corrected chi connectivity index (χ1v) is 11.8. The highest BCUT2D eigenvalue weighted by Crippen LogP contribution is 2.33. The lowest BCUT2D eigenvalue weighted by Gasteiger charge is -2.16. The van der Waals surface area contributed by atoms with Crippen molar-refractivity contribution in [2.75, 3.05) is 13.1 Å². The van der Waals surface area contributed by atoms with E-state index >= 15 is 0 Å². The van der Waals surface area contributed by atoms with Crippen LogP contribution in [0.1, 0.15) is 36.8 Å². The average molecular weight is 429 g/mol. The van der Waals surface area contributed by atoms with E-state index in [1.165, 1.54) is 36.0 Å². The molecule has 0 spiro atoms. The van der Waals surface area contributed by atoms with Gasteiger partial charge in [0.25, 0.3) is 0 Å². The van der Waals surface area contributed by atoms with Crippen molar-refractivity contribution in [3.8, 4) is 16.8 Å². The van der Waals surface area contributed by atoms with Gasteiger partial charge in [-0.1, -0.05) is 30.3 Å². The molecule has 164 valence electrons. The van der Waals surface area contributed by atoms with Gasteiger partial charge in [-0.3, -0.25) is 4.79 Å². The molecule has 1 saturated heterocycles. The molecule has 0 radical (unpaired) electrons. The van der Waals surface area contributed by atoms with Crippen molar-refractivity contribution in [1.29, 1.82) is 0 Å². The maximum Gasteiger partial charge on any atom is 0.350 e. The zero-order valence-electron chi connectivity index (χ0n) is 18.2. The van der Waals surface area contributed by atoms with E-state index in [1.54, 1.807) is 15.6 Å². The van der Waals surface area contributed by atoms with E-state index in [9.17, 15) is 9.59 Å². The molecule has 3 aromatic rings. The van der Waals surface area contributed by atoms with E-state index in [0.717, 1.165) is 43.6 Å². The average Bonchev–Trinajstić information content (AvgIpc) is 3.21. The number of aromatic nitrogens is 3. The van der Waals surface area contributed by atoms with Crippen LogP contribution in [-0.2, 0) is 24.2 Å². The summed E-state index contributed by atoms with van der Waals surface area (Å²) in [6.45, 7) is 2.11. The molecule has 0 unspecified atom stereocenters. The van der Waals surface area contributed by atoms with Crippen LogP contribution in [0.4, 0.5) is 0 Å². The summed E-state index contributed by atoms with van der Waals surface area (Å²) in [5, 5.41) is 4.36. The topological polar surface area (TPSA) is 60.1 Å². The lowest BCUT2D eigenvalue weighted by molar-refractivity contribution is -0.131. The molecule has 3 aliphatic rings. The Hall–Kier alpha value is -3.15. The Balaban J connectivity index is 1.16. The SMILES string of the molecule is O=C(C1CC1)N1CC[C@H](Cn2ncn(-c3ccc(-c4ccc5c(c4)CCC5)cc3)c2=O)C1. The molecule has 6 rings (SSSR count). The van der Waals surface area contributed by atoms with Crippen molar-refractivity contribution >= 4 is 5.91 Å². The second kappa shape index (κ2) is 7.76. The van der Waals surface area contributed by atoms with E-state index in [2.05, 4.69) is 35.4 Å². The van der Waals surface area contributed by atoms with E-state index in [1.807, 2.05) is 17.0 Å². The van der Waals surface area contributed by atoms with Crippen molar-refractivity contribution in [2.24, 2.45) is 11.8 Å². The van der Waals surface area contributed by atoms with Gasteiger partial charge in [0.2, 0.25) is 5.91 Å². The third-order valence-electron chi connectivity index (χ3n) is 7.27. The fraction of sp³-hybridized carbons (Fsp3) is 0.423. The fourth-order valence-corrected chi connectivity index (χ4v) is 5.22. The number of aryl methyl sites for hydroxylation is 2. The molecule has 1 atom stereocenters. The largest absolute Gasteiger partial charge is 0.350 e. The number of likely N-dealkylation sites (tertiary alicyclic amines) is 1. The van der Waals surface area contributed by atoms with Crippen LogP contribution in [0.5, 0.6) is 0 Å². The van der Waals surface area contributed by atoms with Gasteiger partial charge in [-0.25, -0.2) is 14.0 Å². The molecule has 1 aliphatic heterocycles. The van der Waals surface area contributed by atoms with Gasteiger partial charge >= 0.3 is 5.69 Å². The molecular formula is C26H28N4O2. The van der Waals surface area contributed by atoms with Crippen molar-refractivity contribution in [3.05, 3.63) is 70.4 Å². The quantitative estimate of drug-likeness (QED) is 0.625. The molecule has 2 heterocycles. The Kier molecular flexibility index (Phi) is 4.74. The number of hydrogen-bond acceptors (Lipinski definition) is 3. The monoisotopic (exact) mass is 428 g/mol. The molecule has 0 bridgehead atoms. The number of rotatable bonds is 5. The highest BCUT2D eigenvalue weighted by molar-refractivity contribution is 5.81. The summed E-state index contributed by atoms with van der Waals surface area (Å²) in [6, 6.07) is 14.9. The van der Waals surface area contributed by atoms with Crippen LogP contribution >= 0.6 is 0 Å². The predicted molar refractivity (Wildman–Crippen MR) is 123 cm³/mol. The minimum absolute atomic E-state index is 0.123. The van der Waals surface area contributed by atoms with E-state index in [4.69, 9.17) is 0 Å². The smallest absolute Gasteiger partial charge is 0.342 e. The van der Waals surface area contributed by atoms with Crippen molar-refractivity contribution in [2.45, 2.75) is 45.1 Å². The first-order chi connectivity index (χ1) is 15.7. The molecule has 2 aromatic carbocycles. The third-order valence-corrected chi connectivity index (χ3v) is 7.27. The minimum Gasteiger partial charge on any atom is -0.342 e. The third kappa shape index (κ3) is 3.57. The second-order valence-electron chi connectivity index (χ2n) is 9.56. The molecule has 1 saturated carbocycles. The van der Waals surface area contributed by atoms with Crippen LogP contribution in [0.15, 0.2) is 53.6 Å². The van der Waals surface area contributed by atoms with E-state index in [0.29, 0.717) is 18.4 Å². The Morgan fingerprint density at radius 1 is 0.969 bits per heavy atom. The zero-order valence-corrected chi connectivity index (χ0v) is 18.2. The lowest BCUT2D eigenvalue weighted by atomic mass is 10.0. The minimum atomic E-state index is -0.123. The Morgan fingerprint density at radius 3 is 2.56 bits per heavy atom. The number of fused-ring (bicyclic) bond motifs is 1. The number of carbonyl (C=O) groups is 1. The van der Waals surface area contributed by atoms with Crippen LogP contribution in [0.2, 0.25) is 0 Å². The normalized spacial score (nSPS) is 20.0. The number of benzene rings is 2. The van der Waals surface area contributed by atoms with Gasteiger partial charge < -0.3 is 4.90 Å². The maximum absolute atomic E-state index is 13.0. The molecule has 1 aromatic heterocycles. The zero-order chi connectivity index (χ0) is 21.7. The molecule has 6 nitrogen and oxygen atoms in total. The van der Waals surface area contributed by atoms with Gasteiger partial charge in [0.15, 0.2) is 0 Å². The maximum atomic E-state index is 13.0. The molecule has 32 heavy (non-hydrogen) atoms. The summed E-state index contributed by atoms with van der Waals surface area (Å²) in [5.41, 5.74) is 6.03. The summed E-state index contributed by atoms with van der Waals surface area (Å²) in [7, 11) is 0. The standard InChI is InChI=1S/C26H28N4O2/c31-25(21-5-6-21)28-13-12-18(15-28)16-30-26(32)29(17-27-30)24-10-8-20(9-11-24)23-7-4-19-2-1-3-22(19)14-23/h4,7-11,14,17-18,21H,1-3,5-6,12-13,15-16H2/t18-/m0/s1.